The fourth-order valence-corrected chi connectivity index (χ4v) is 4.49. The maximum absolute atomic E-state index is 8.22. The van der Waals surface area contributed by atoms with Gasteiger partial charge in [-0.3, -0.25) is 0 Å². The summed E-state index contributed by atoms with van der Waals surface area (Å²) in [5, 5.41) is 26.8. The summed E-state index contributed by atoms with van der Waals surface area (Å²) in [6.45, 7) is 26.3. The van der Waals surface area contributed by atoms with Crippen molar-refractivity contribution >= 4 is 41.0 Å². The molecule has 3 heterocycles. The number of nitrogen functional groups attached to an aromatic ring is 1. The SMILES string of the molecule is C1CCNCC1.CC.CC.CC.CC.CC.N#CN(Cl)C#N.N#CN=C(N)N1CCCCC1.NC(=Nc1ccccc1)N=C(N)N1CCCCC1.Nc1ccccc1.[Na+]. The first kappa shape index (κ1) is 66.6. The van der Waals surface area contributed by atoms with Crippen molar-refractivity contribution < 1.29 is 29.6 Å². The van der Waals surface area contributed by atoms with Crippen LogP contribution in [0.1, 0.15) is 127 Å². The van der Waals surface area contributed by atoms with Gasteiger partial charge < -0.3 is 38.1 Å². The van der Waals surface area contributed by atoms with Crippen LogP contribution in [0.25, 0.3) is 0 Å². The van der Waals surface area contributed by atoms with Gasteiger partial charge in [-0.25, -0.2) is 4.99 Å². The molecule has 0 aliphatic carbocycles. The van der Waals surface area contributed by atoms with Gasteiger partial charge in [-0.15, -0.1) is 9.41 Å². The van der Waals surface area contributed by atoms with E-state index in [0.717, 1.165) is 63.2 Å². The molecule has 328 valence electrons. The molecule has 14 nitrogen and oxygen atoms in total. The van der Waals surface area contributed by atoms with Crippen LogP contribution in [0.15, 0.2) is 75.6 Å². The molecule has 3 fully saturated rings. The Morgan fingerprint density at radius 3 is 1.27 bits per heavy atom. The van der Waals surface area contributed by atoms with Crippen molar-refractivity contribution in [1.82, 2.24) is 19.5 Å². The predicted molar refractivity (Wildman–Crippen MR) is 251 cm³/mol. The van der Waals surface area contributed by atoms with Crippen LogP contribution < -0.4 is 57.8 Å². The number of anilines is 1. The number of nitrogens with two attached hydrogens (primary N) is 4. The maximum atomic E-state index is 8.22. The summed E-state index contributed by atoms with van der Waals surface area (Å²) in [6.07, 6.45) is 15.8. The number of aliphatic imine (C=N–C) groups is 3. The van der Waals surface area contributed by atoms with E-state index >= 15 is 0 Å². The minimum absolute atomic E-state index is 0. The van der Waals surface area contributed by atoms with E-state index in [1.165, 1.54) is 57.6 Å². The van der Waals surface area contributed by atoms with Crippen molar-refractivity contribution in [3.63, 3.8) is 0 Å². The second kappa shape index (κ2) is 55.9. The van der Waals surface area contributed by atoms with Crippen LogP contribution in [-0.4, -0.2) is 71.4 Å². The molecule has 0 saturated carbocycles. The first-order chi connectivity index (χ1) is 28.3. The fraction of sp³-hybridized carbons (Fsp3) is 0.581. The Morgan fingerprint density at radius 1 is 0.610 bits per heavy atom. The number of nitrogens with zero attached hydrogens (tertiary/aromatic N) is 9. The summed E-state index contributed by atoms with van der Waals surface area (Å²) < 4.78 is 0.333. The normalized spacial score (nSPS) is 13.6. The first-order valence-corrected chi connectivity index (χ1v) is 21.4. The number of piperidine rings is 3. The van der Waals surface area contributed by atoms with Crippen molar-refractivity contribution in [3.8, 4) is 18.6 Å². The Balaban J connectivity index is -0.000000149. The zero-order valence-corrected chi connectivity index (χ0v) is 41.3. The number of hydrogen-bond donors (Lipinski definition) is 5. The number of benzene rings is 2. The van der Waals surface area contributed by atoms with Crippen LogP contribution in [0.2, 0.25) is 0 Å². The number of rotatable bonds is 1. The topological polar surface area (TPSA) is 234 Å². The molecule has 2 aromatic rings. The summed E-state index contributed by atoms with van der Waals surface area (Å²) in [7, 11) is 0. The van der Waals surface area contributed by atoms with Gasteiger partial charge in [0.2, 0.25) is 30.5 Å². The molecule has 0 radical (unpaired) electrons. The molecule has 3 saturated heterocycles. The summed E-state index contributed by atoms with van der Waals surface area (Å²) in [6, 6.07) is 19.0. The molecule has 2 aromatic carbocycles. The van der Waals surface area contributed by atoms with Gasteiger partial charge >= 0.3 is 29.6 Å². The van der Waals surface area contributed by atoms with Gasteiger partial charge in [0.15, 0.2) is 5.96 Å². The molecular formula is C43H79ClN14Na+. The van der Waals surface area contributed by atoms with E-state index in [-0.39, 0.29) is 35.5 Å². The van der Waals surface area contributed by atoms with E-state index in [2.05, 4.69) is 25.2 Å². The minimum atomic E-state index is 0. The molecule has 0 amide bonds. The second-order valence-electron chi connectivity index (χ2n) is 10.6. The van der Waals surface area contributed by atoms with Crippen LogP contribution in [0.3, 0.4) is 0 Å². The number of para-hydroxylation sites is 2. The molecule has 5 rings (SSSR count). The number of nitriles is 3. The summed E-state index contributed by atoms with van der Waals surface area (Å²) in [4.78, 5) is 15.8. The molecule has 0 aromatic heterocycles. The predicted octanol–water partition coefficient (Wildman–Crippen LogP) is 6.27. The van der Waals surface area contributed by atoms with Gasteiger partial charge in [-0.1, -0.05) is 112 Å². The number of guanidine groups is 3. The standard InChI is InChI=1S/C13H19N5.C7H12N4.C6H7N.C5H11N.C2ClN3.5C2H6.Na/c14-12(16-11-7-3-1-4-8-11)17-13(15)18-9-5-2-6-10-18;8-6-10-7(9)11-4-2-1-3-5-11;7-6-4-2-1-3-5-6;1-2-4-6-5-3-1;3-6(1-4)2-5;5*1-2;/h1,3-4,7-8H,2,5-6,9-10H2,(H4,14,15,16,17);1-5H2,(H2,9,10);1-5H,7H2;6H,1-5H2;;5*1-2H3;/q;;;;;;;;;;+1. The average molecular weight is 851 g/mol. The van der Waals surface area contributed by atoms with E-state index in [4.69, 9.17) is 50.5 Å². The Hall–Kier alpha value is -4.23. The third-order valence-electron chi connectivity index (χ3n) is 6.94. The largest absolute Gasteiger partial charge is 1.00 e. The Morgan fingerprint density at radius 2 is 0.983 bits per heavy atom. The molecule has 0 atom stereocenters. The minimum Gasteiger partial charge on any atom is -0.399 e. The molecule has 16 heteroatoms. The van der Waals surface area contributed by atoms with Crippen molar-refractivity contribution in [3.05, 3.63) is 60.7 Å². The number of hydrogen-bond acceptors (Lipinski definition) is 8. The number of nitrogens with one attached hydrogen (secondary N) is 1. The van der Waals surface area contributed by atoms with Gasteiger partial charge in [-0.2, -0.15) is 20.8 Å². The third-order valence-corrected chi connectivity index (χ3v) is 7.09. The second-order valence-corrected chi connectivity index (χ2v) is 11.0. The van der Waals surface area contributed by atoms with Crippen LogP contribution >= 0.6 is 11.8 Å². The van der Waals surface area contributed by atoms with Crippen molar-refractivity contribution in [2.75, 3.05) is 45.0 Å². The molecule has 59 heavy (non-hydrogen) atoms. The smallest absolute Gasteiger partial charge is 0.399 e. The average Bonchev–Trinajstić information content (AvgIpc) is 3.32. The van der Waals surface area contributed by atoms with E-state index < -0.39 is 0 Å². The zero-order chi connectivity index (χ0) is 45.2. The van der Waals surface area contributed by atoms with E-state index in [9.17, 15) is 0 Å². The van der Waals surface area contributed by atoms with Crippen molar-refractivity contribution in [2.45, 2.75) is 127 Å². The summed E-state index contributed by atoms with van der Waals surface area (Å²) in [5.41, 5.74) is 24.2. The molecule has 3 aliphatic rings. The fourth-order valence-electron chi connectivity index (χ4n) is 4.49. The molecule has 3 aliphatic heterocycles. The first-order valence-electron chi connectivity index (χ1n) is 21.0. The van der Waals surface area contributed by atoms with E-state index in [1.54, 1.807) is 6.19 Å². The van der Waals surface area contributed by atoms with Crippen molar-refractivity contribution in [2.24, 2.45) is 32.2 Å². The molecule has 0 unspecified atom stereocenters. The van der Waals surface area contributed by atoms with Gasteiger partial charge in [0.25, 0.3) is 0 Å². The summed E-state index contributed by atoms with van der Waals surface area (Å²) >= 11 is 4.76. The van der Waals surface area contributed by atoms with Crippen LogP contribution in [-0.2, 0) is 0 Å². The van der Waals surface area contributed by atoms with E-state index in [1.807, 2.05) is 135 Å². The third kappa shape index (κ3) is 44.7. The number of halogens is 1. The molecular weight excluding hydrogens is 771 g/mol. The van der Waals surface area contributed by atoms with Crippen LogP contribution in [0.4, 0.5) is 11.4 Å². The maximum Gasteiger partial charge on any atom is 1.00 e. The van der Waals surface area contributed by atoms with Gasteiger partial charge in [-0.05, 0) is 88.7 Å². The van der Waals surface area contributed by atoms with Gasteiger partial charge in [0.1, 0.15) is 0 Å². The quantitative estimate of drug-likeness (QED) is 0.0408. The van der Waals surface area contributed by atoms with Crippen LogP contribution in [0, 0.1) is 34.4 Å². The molecule has 0 bridgehead atoms. The summed E-state index contributed by atoms with van der Waals surface area (Å²) in [5.74, 6) is 1.03. The van der Waals surface area contributed by atoms with E-state index in [0.29, 0.717) is 16.3 Å². The molecule has 9 N–H and O–H groups in total. The monoisotopic (exact) mass is 850 g/mol. The van der Waals surface area contributed by atoms with Gasteiger partial charge in [0, 0.05) is 43.6 Å². The van der Waals surface area contributed by atoms with Gasteiger partial charge in [0.05, 0.1) is 5.69 Å². The van der Waals surface area contributed by atoms with Crippen molar-refractivity contribution in [1.29, 1.82) is 15.8 Å². The zero-order valence-electron chi connectivity index (χ0n) is 38.6. The number of likely N-dealkylation sites (tertiary alicyclic amines) is 2. The van der Waals surface area contributed by atoms with Crippen LogP contribution in [0.5, 0.6) is 0 Å². The Labute approximate surface area is 387 Å². The Kier molecular flexibility index (Phi) is 63.0. The molecule has 0 spiro atoms. The Bertz CT molecular complexity index is 1320.